The first kappa shape index (κ1) is 19.7. The van der Waals surface area contributed by atoms with Gasteiger partial charge in [0.2, 0.25) is 0 Å². The van der Waals surface area contributed by atoms with E-state index in [-0.39, 0.29) is 12.6 Å². The van der Waals surface area contributed by atoms with Gasteiger partial charge >= 0.3 is 0 Å². The summed E-state index contributed by atoms with van der Waals surface area (Å²) >= 11 is 0. The van der Waals surface area contributed by atoms with E-state index in [9.17, 15) is 5.11 Å². The molecule has 0 unspecified atom stereocenters. The smallest absolute Gasteiger partial charge is 0.298 e. The van der Waals surface area contributed by atoms with Gasteiger partial charge in [-0.25, -0.2) is 0 Å². The maximum Gasteiger partial charge on any atom is 0.298 e. The van der Waals surface area contributed by atoms with Crippen LogP contribution in [-0.4, -0.2) is 54.4 Å². The van der Waals surface area contributed by atoms with E-state index >= 15 is 0 Å². The van der Waals surface area contributed by atoms with Gasteiger partial charge in [-0.3, -0.25) is 4.90 Å². The standard InChI is InChI=1S/C23H29N3O3/c1-16-17(2)21(28-3)9-8-18(16)14-25-11-12-26(15-19(25)10-13-27)23-24-20-6-4-5-7-22(20)29-23/h4-9,19,27H,10-15H2,1-3H3/t19-/m0/s1. The number of rotatable bonds is 6. The van der Waals surface area contributed by atoms with E-state index in [0.717, 1.165) is 49.4 Å². The molecule has 1 aromatic heterocycles. The lowest BCUT2D eigenvalue weighted by Crippen LogP contribution is -2.53. The fourth-order valence-electron chi connectivity index (χ4n) is 4.16. The van der Waals surface area contributed by atoms with Crippen LogP contribution < -0.4 is 9.64 Å². The van der Waals surface area contributed by atoms with Crippen molar-refractivity contribution in [1.82, 2.24) is 9.88 Å². The van der Waals surface area contributed by atoms with E-state index in [4.69, 9.17) is 9.15 Å². The molecule has 0 radical (unpaired) electrons. The van der Waals surface area contributed by atoms with Crippen molar-refractivity contribution >= 4 is 17.1 Å². The first-order chi connectivity index (χ1) is 14.1. The highest BCUT2D eigenvalue weighted by Crippen LogP contribution is 2.28. The molecule has 1 fully saturated rings. The molecule has 0 amide bonds. The maximum absolute atomic E-state index is 9.64. The Hall–Kier alpha value is -2.57. The maximum atomic E-state index is 9.64. The molecule has 2 heterocycles. The zero-order chi connectivity index (χ0) is 20.4. The van der Waals surface area contributed by atoms with Crippen LogP contribution in [0.25, 0.3) is 11.1 Å². The quantitative estimate of drug-likeness (QED) is 0.689. The Kier molecular flexibility index (Phi) is 5.74. The van der Waals surface area contributed by atoms with Gasteiger partial charge in [-0.15, -0.1) is 0 Å². The molecule has 29 heavy (non-hydrogen) atoms. The molecule has 1 aliphatic heterocycles. The Bertz CT molecular complexity index is 952. The van der Waals surface area contributed by atoms with Crippen LogP contribution in [0.3, 0.4) is 0 Å². The molecular formula is C23H29N3O3. The molecule has 1 N–H and O–H groups in total. The fraction of sp³-hybridized carbons (Fsp3) is 0.435. The molecule has 0 bridgehead atoms. The molecule has 154 valence electrons. The predicted molar refractivity (Wildman–Crippen MR) is 115 cm³/mol. The first-order valence-corrected chi connectivity index (χ1v) is 10.2. The minimum absolute atomic E-state index is 0.170. The number of benzene rings is 2. The highest BCUT2D eigenvalue weighted by atomic mass is 16.5. The third kappa shape index (κ3) is 3.95. The zero-order valence-electron chi connectivity index (χ0n) is 17.4. The van der Waals surface area contributed by atoms with E-state index in [0.29, 0.717) is 6.01 Å². The Morgan fingerprint density at radius 1 is 1.14 bits per heavy atom. The summed E-state index contributed by atoms with van der Waals surface area (Å²) in [6.45, 7) is 7.83. The van der Waals surface area contributed by atoms with E-state index in [1.807, 2.05) is 30.3 Å². The van der Waals surface area contributed by atoms with Gasteiger partial charge in [0, 0.05) is 38.8 Å². The average Bonchev–Trinajstić information content (AvgIpc) is 3.17. The molecule has 6 nitrogen and oxygen atoms in total. The summed E-state index contributed by atoms with van der Waals surface area (Å²) < 4.78 is 11.4. The van der Waals surface area contributed by atoms with E-state index in [2.05, 4.69) is 34.7 Å². The van der Waals surface area contributed by atoms with Crippen LogP contribution in [0.5, 0.6) is 5.75 Å². The van der Waals surface area contributed by atoms with Crippen molar-refractivity contribution in [3.05, 3.63) is 53.1 Å². The highest BCUT2D eigenvalue weighted by molar-refractivity contribution is 5.74. The molecule has 3 aromatic rings. The average molecular weight is 396 g/mol. The number of methoxy groups -OCH3 is 1. The van der Waals surface area contributed by atoms with E-state index < -0.39 is 0 Å². The lowest BCUT2D eigenvalue weighted by Gasteiger charge is -2.41. The second-order valence-electron chi connectivity index (χ2n) is 7.72. The third-order valence-corrected chi connectivity index (χ3v) is 6.06. The molecular weight excluding hydrogens is 366 g/mol. The summed E-state index contributed by atoms with van der Waals surface area (Å²) in [4.78, 5) is 9.31. The number of oxazole rings is 1. The van der Waals surface area contributed by atoms with Crippen LogP contribution in [0.2, 0.25) is 0 Å². The zero-order valence-corrected chi connectivity index (χ0v) is 17.4. The molecule has 1 atom stereocenters. The number of para-hydroxylation sites is 2. The number of hydrogen-bond donors (Lipinski definition) is 1. The molecule has 1 aliphatic rings. The van der Waals surface area contributed by atoms with Crippen molar-refractivity contribution < 1.29 is 14.3 Å². The highest BCUT2D eigenvalue weighted by Gasteiger charge is 2.29. The number of aliphatic hydroxyl groups is 1. The van der Waals surface area contributed by atoms with Crippen molar-refractivity contribution in [1.29, 1.82) is 0 Å². The van der Waals surface area contributed by atoms with Gasteiger partial charge in [0.25, 0.3) is 6.01 Å². The minimum Gasteiger partial charge on any atom is -0.496 e. The van der Waals surface area contributed by atoms with Crippen molar-refractivity contribution in [3.63, 3.8) is 0 Å². The SMILES string of the molecule is COc1ccc(CN2CCN(c3nc4ccccc4o3)C[C@@H]2CCO)c(C)c1C. The number of hydrogen-bond acceptors (Lipinski definition) is 6. The Labute approximate surface area is 171 Å². The van der Waals surface area contributed by atoms with Crippen LogP contribution >= 0.6 is 0 Å². The lowest BCUT2D eigenvalue weighted by atomic mass is 10.00. The van der Waals surface area contributed by atoms with Gasteiger partial charge in [0.15, 0.2) is 5.58 Å². The minimum atomic E-state index is 0.170. The van der Waals surface area contributed by atoms with Crippen molar-refractivity contribution in [2.45, 2.75) is 32.9 Å². The largest absolute Gasteiger partial charge is 0.496 e. The number of piperazine rings is 1. The summed E-state index contributed by atoms with van der Waals surface area (Å²) in [5.41, 5.74) is 5.46. The lowest BCUT2D eigenvalue weighted by molar-refractivity contribution is 0.133. The van der Waals surface area contributed by atoms with Gasteiger partial charge in [0.05, 0.1) is 7.11 Å². The Morgan fingerprint density at radius 2 is 1.97 bits per heavy atom. The number of ether oxygens (including phenoxy) is 1. The molecule has 2 aromatic carbocycles. The van der Waals surface area contributed by atoms with Crippen LogP contribution in [0, 0.1) is 13.8 Å². The molecule has 0 aliphatic carbocycles. The van der Waals surface area contributed by atoms with E-state index in [1.165, 1.54) is 16.7 Å². The number of aromatic nitrogens is 1. The summed E-state index contributed by atoms with van der Waals surface area (Å²) in [5.74, 6) is 0.930. The second-order valence-corrected chi connectivity index (χ2v) is 7.72. The van der Waals surface area contributed by atoms with Crippen LogP contribution in [0.15, 0.2) is 40.8 Å². The van der Waals surface area contributed by atoms with Gasteiger partial charge < -0.3 is 19.2 Å². The fourth-order valence-corrected chi connectivity index (χ4v) is 4.16. The normalized spacial score (nSPS) is 17.8. The van der Waals surface area contributed by atoms with Crippen molar-refractivity contribution in [3.8, 4) is 5.75 Å². The topological polar surface area (TPSA) is 62.0 Å². The number of anilines is 1. The second kappa shape index (κ2) is 8.43. The van der Waals surface area contributed by atoms with Crippen LogP contribution in [-0.2, 0) is 6.54 Å². The summed E-state index contributed by atoms with van der Waals surface area (Å²) in [6.07, 6.45) is 0.727. The van der Waals surface area contributed by atoms with Crippen molar-refractivity contribution in [2.75, 3.05) is 38.3 Å². The molecule has 4 rings (SSSR count). The number of nitrogens with zero attached hydrogens (tertiary/aromatic N) is 3. The Morgan fingerprint density at radius 3 is 2.72 bits per heavy atom. The third-order valence-electron chi connectivity index (χ3n) is 6.06. The van der Waals surface area contributed by atoms with Gasteiger partial charge in [-0.1, -0.05) is 18.2 Å². The molecule has 1 saturated heterocycles. The number of fused-ring (bicyclic) bond motifs is 1. The summed E-state index contributed by atoms with van der Waals surface area (Å²) in [5, 5.41) is 9.64. The van der Waals surface area contributed by atoms with Gasteiger partial charge in [-0.2, -0.15) is 4.98 Å². The van der Waals surface area contributed by atoms with Crippen molar-refractivity contribution in [2.24, 2.45) is 0 Å². The number of aliphatic hydroxyl groups excluding tert-OH is 1. The van der Waals surface area contributed by atoms with Crippen LogP contribution in [0.1, 0.15) is 23.1 Å². The summed E-state index contributed by atoms with van der Waals surface area (Å²) in [7, 11) is 1.71. The van der Waals surface area contributed by atoms with Crippen LogP contribution in [0.4, 0.5) is 6.01 Å². The monoisotopic (exact) mass is 395 g/mol. The molecule has 0 spiro atoms. The predicted octanol–water partition coefficient (Wildman–Crippen LogP) is 3.53. The van der Waals surface area contributed by atoms with E-state index in [1.54, 1.807) is 7.11 Å². The molecule has 0 saturated carbocycles. The summed E-state index contributed by atoms with van der Waals surface area (Å²) in [6, 6.07) is 13.0. The van der Waals surface area contributed by atoms with Gasteiger partial charge in [0.1, 0.15) is 11.3 Å². The van der Waals surface area contributed by atoms with Gasteiger partial charge in [-0.05, 0) is 55.2 Å². The first-order valence-electron chi connectivity index (χ1n) is 10.2. The molecule has 6 heteroatoms. The Balaban J connectivity index is 1.52.